The summed E-state index contributed by atoms with van der Waals surface area (Å²) in [6.45, 7) is 0. The highest BCUT2D eigenvalue weighted by Crippen LogP contribution is 2.31. The fourth-order valence-electron chi connectivity index (χ4n) is 2.42. The molecule has 0 radical (unpaired) electrons. The topological polar surface area (TPSA) is 114 Å². The van der Waals surface area contributed by atoms with Gasteiger partial charge in [-0.2, -0.15) is 0 Å². The van der Waals surface area contributed by atoms with Gasteiger partial charge in [0.1, 0.15) is 0 Å². The first kappa shape index (κ1) is 19.2. The molecule has 0 spiro atoms. The van der Waals surface area contributed by atoms with Crippen LogP contribution in [0, 0.1) is 0 Å². The summed E-state index contributed by atoms with van der Waals surface area (Å²) in [5.41, 5.74) is 11.2. The van der Waals surface area contributed by atoms with Crippen molar-refractivity contribution < 1.29 is 19.8 Å². The zero-order valence-electron chi connectivity index (χ0n) is 13.7. The Balaban J connectivity index is 0.000000260. The van der Waals surface area contributed by atoms with Crippen LogP contribution in [0.25, 0.3) is 11.6 Å². The van der Waals surface area contributed by atoms with Crippen molar-refractivity contribution in [3.8, 4) is 0 Å². The van der Waals surface area contributed by atoms with Gasteiger partial charge in [0.15, 0.2) is 0 Å². The van der Waals surface area contributed by atoms with Crippen LogP contribution < -0.4 is 5.73 Å². The van der Waals surface area contributed by atoms with E-state index in [9.17, 15) is 9.59 Å². The van der Waals surface area contributed by atoms with Gasteiger partial charge in [-0.25, -0.2) is 9.59 Å². The Kier molecular flexibility index (Phi) is 6.52. The van der Waals surface area contributed by atoms with E-state index in [1.165, 1.54) is 16.7 Å². The zero-order valence-corrected chi connectivity index (χ0v) is 14.5. The molecule has 134 valence electrons. The van der Waals surface area contributed by atoms with Crippen molar-refractivity contribution >= 4 is 40.9 Å². The van der Waals surface area contributed by atoms with Crippen molar-refractivity contribution in [3.63, 3.8) is 0 Å². The number of fused-ring (bicyclic) bond motifs is 1. The first-order chi connectivity index (χ1) is 12.3. The van der Waals surface area contributed by atoms with Crippen LogP contribution in [-0.2, 0) is 16.0 Å². The molecule has 2 aromatic rings. The molecule has 3 rings (SSSR count). The first-order valence-electron chi connectivity index (χ1n) is 7.70. The number of allylic oxidation sites excluding steroid dienone is 1. The van der Waals surface area contributed by atoms with Gasteiger partial charge in [0, 0.05) is 29.1 Å². The standard InChI is InChI=1S/C15H13ClN2.C4H4O4/c16-13-4-3-10-1-2-11(7-12(10)8-13)15-9-14(17)5-6-18-15;5-3(6)1-2-4(7)8/h3-9H,1-2H2,(H2,17,18);1-2H,(H,5,6)(H,7,8). The number of halogens is 1. The lowest BCUT2D eigenvalue weighted by Gasteiger charge is -2.16. The highest BCUT2D eigenvalue weighted by Gasteiger charge is 2.13. The number of benzene rings is 1. The number of nitrogens with two attached hydrogens (primary N) is 1. The number of carboxylic acids is 2. The number of carbonyl (C=O) groups is 2. The van der Waals surface area contributed by atoms with E-state index >= 15 is 0 Å². The number of nitrogens with zero attached hydrogens (tertiary/aromatic N) is 1. The largest absolute Gasteiger partial charge is 0.478 e. The Hall–Kier alpha value is -3.12. The maximum absolute atomic E-state index is 9.55. The molecule has 0 aliphatic heterocycles. The summed E-state index contributed by atoms with van der Waals surface area (Å²) in [6, 6.07) is 9.76. The minimum Gasteiger partial charge on any atom is -0.478 e. The molecule has 0 saturated heterocycles. The van der Waals surface area contributed by atoms with Gasteiger partial charge < -0.3 is 15.9 Å². The second-order valence-electron chi connectivity index (χ2n) is 5.50. The van der Waals surface area contributed by atoms with Crippen LogP contribution in [0.3, 0.4) is 0 Å². The summed E-state index contributed by atoms with van der Waals surface area (Å²) in [4.78, 5) is 23.5. The van der Waals surface area contributed by atoms with Gasteiger partial charge in [0.2, 0.25) is 0 Å². The van der Waals surface area contributed by atoms with E-state index in [4.69, 9.17) is 27.5 Å². The van der Waals surface area contributed by atoms with Crippen molar-refractivity contribution in [1.82, 2.24) is 4.98 Å². The van der Waals surface area contributed by atoms with Gasteiger partial charge in [-0.15, -0.1) is 0 Å². The van der Waals surface area contributed by atoms with Crippen LogP contribution >= 0.6 is 11.6 Å². The van der Waals surface area contributed by atoms with Crippen LogP contribution in [0.4, 0.5) is 5.69 Å². The predicted molar refractivity (Wildman–Crippen MR) is 101 cm³/mol. The number of nitrogen functional groups attached to an aromatic ring is 1. The summed E-state index contributed by atoms with van der Waals surface area (Å²) >= 11 is 6.03. The molecule has 0 fully saturated rings. The number of anilines is 1. The molecule has 4 N–H and O–H groups in total. The van der Waals surface area contributed by atoms with E-state index in [2.05, 4.69) is 17.1 Å². The lowest BCUT2D eigenvalue weighted by atomic mass is 9.90. The van der Waals surface area contributed by atoms with Crippen molar-refractivity contribution in [2.24, 2.45) is 0 Å². The molecule has 0 atom stereocenters. The Morgan fingerprint density at radius 3 is 2.38 bits per heavy atom. The molecule has 1 aromatic carbocycles. The first-order valence-corrected chi connectivity index (χ1v) is 8.08. The Morgan fingerprint density at radius 1 is 1.08 bits per heavy atom. The smallest absolute Gasteiger partial charge is 0.328 e. The molecule has 1 aromatic heterocycles. The van der Waals surface area contributed by atoms with E-state index in [0.29, 0.717) is 12.2 Å². The Morgan fingerprint density at radius 2 is 1.77 bits per heavy atom. The van der Waals surface area contributed by atoms with E-state index in [1.807, 2.05) is 18.2 Å². The van der Waals surface area contributed by atoms with Crippen molar-refractivity contribution in [1.29, 1.82) is 0 Å². The molecule has 0 saturated carbocycles. The van der Waals surface area contributed by atoms with Gasteiger partial charge in [-0.3, -0.25) is 4.98 Å². The molecule has 26 heavy (non-hydrogen) atoms. The molecular formula is C19H17ClN2O4. The molecular weight excluding hydrogens is 356 g/mol. The van der Waals surface area contributed by atoms with Gasteiger partial charge in [-0.05, 0) is 59.9 Å². The molecule has 0 amide bonds. The van der Waals surface area contributed by atoms with E-state index < -0.39 is 11.9 Å². The molecule has 1 heterocycles. The lowest BCUT2D eigenvalue weighted by molar-refractivity contribution is -0.134. The monoisotopic (exact) mass is 372 g/mol. The third-order valence-electron chi connectivity index (χ3n) is 3.58. The van der Waals surface area contributed by atoms with Gasteiger partial charge in [-0.1, -0.05) is 17.7 Å². The van der Waals surface area contributed by atoms with Crippen LogP contribution in [-0.4, -0.2) is 27.1 Å². The van der Waals surface area contributed by atoms with Crippen molar-refractivity contribution in [3.05, 3.63) is 70.5 Å². The van der Waals surface area contributed by atoms with Gasteiger partial charge in [0.05, 0.1) is 5.69 Å². The van der Waals surface area contributed by atoms with Crippen LogP contribution in [0.15, 0.2) is 48.7 Å². The van der Waals surface area contributed by atoms with Crippen molar-refractivity contribution in [2.75, 3.05) is 5.73 Å². The Bertz CT molecular complexity index is 875. The maximum Gasteiger partial charge on any atom is 0.328 e. The van der Waals surface area contributed by atoms with Crippen LogP contribution in [0.2, 0.25) is 5.02 Å². The summed E-state index contributed by atoms with van der Waals surface area (Å²) in [6.07, 6.45) is 7.04. The summed E-state index contributed by atoms with van der Waals surface area (Å²) in [5.74, 6) is -2.51. The number of carboxylic acid groups (broad SMARTS) is 2. The second-order valence-corrected chi connectivity index (χ2v) is 5.93. The van der Waals surface area contributed by atoms with Gasteiger partial charge >= 0.3 is 11.9 Å². The minimum atomic E-state index is -1.26. The van der Waals surface area contributed by atoms with E-state index in [0.717, 1.165) is 29.2 Å². The van der Waals surface area contributed by atoms with E-state index in [-0.39, 0.29) is 0 Å². The quantitative estimate of drug-likeness (QED) is 0.710. The number of aromatic nitrogens is 1. The van der Waals surface area contributed by atoms with Gasteiger partial charge in [0.25, 0.3) is 0 Å². The third kappa shape index (κ3) is 5.75. The average Bonchev–Trinajstić information content (AvgIpc) is 2.60. The second kappa shape index (κ2) is 8.82. The number of hydrogen-bond acceptors (Lipinski definition) is 4. The zero-order chi connectivity index (χ0) is 19.1. The fourth-order valence-corrected chi connectivity index (χ4v) is 2.60. The molecule has 7 heteroatoms. The summed E-state index contributed by atoms with van der Waals surface area (Å²) < 4.78 is 0. The number of pyridine rings is 1. The molecule has 1 aliphatic carbocycles. The maximum atomic E-state index is 9.55. The van der Waals surface area contributed by atoms with Crippen LogP contribution in [0.1, 0.15) is 23.2 Å². The predicted octanol–water partition coefficient (Wildman–Crippen LogP) is 3.52. The average molecular weight is 373 g/mol. The van der Waals surface area contributed by atoms with Crippen LogP contribution in [0.5, 0.6) is 0 Å². The van der Waals surface area contributed by atoms with Crippen molar-refractivity contribution in [2.45, 2.75) is 12.8 Å². The summed E-state index contributed by atoms with van der Waals surface area (Å²) in [7, 11) is 0. The summed E-state index contributed by atoms with van der Waals surface area (Å²) in [5, 5.41) is 16.4. The third-order valence-corrected chi connectivity index (χ3v) is 3.82. The minimum absolute atomic E-state index is 0.558. The molecule has 0 bridgehead atoms. The number of hydrogen-bond donors (Lipinski definition) is 3. The molecule has 0 unspecified atom stereocenters. The highest BCUT2D eigenvalue weighted by atomic mass is 35.5. The fraction of sp³-hybridized carbons (Fsp3) is 0.105. The molecule has 1 aliphatic rings. The number of rotatable bonds is 3. The normalized spacial score (nSPS) is 12.6. The lowest BCUT2D eigenvalue weighted by Crippen LogP contribution is -2.01. The van der Waals surface area contributed by atoms with E-state index in [1.54, 1.807) is 12.3 Å². The SMILES string of the molecule is Nc1ccnc(C2=Cc3cc(Cl)ccc3CC2)c1.O=C(O)C=CC(=O)O. The number of aryl methyl sites for hydroxylation is 1. The number of aliphatic carboxylic acids is 2. The highest BCUT2D eigenvalue weighted by molar-refractivity contribution is 6.30. The molecule has 6 nitrogen and oxygen atoms in total. The Labute approximate surface area is 155 Å².